The van der Waals surface area contributed by atoms with Crippen molar-refractivity contribution in [2.75, 3.05) is 33.1 Å². The monoisotopic (exact) mass is 656 g/mol. The number of piperidine rings is 1. The molecule has 12 heteroatoms. The average molecular weight is 657 g/mol. The fourth-order valence-corrected chi connectivity index (χ4v) is 8.13. The third-order valence-electron chi connectivity index (χ3n) is 9.09. The van der Waals surface area contributed by atoms with E-state index in [0.717, 1.165) is 22.3 Å². The number of halogens is 1. The molecule has 1 saturated heterocycles. The Labute approximate surface area is 270 Å². The van der Waals surface area contributed by atoms with Gasteiger partial charge in [-0.25, -0.2) is 8.42 Å². The van der Waals surface area contributed by atoms with Gasteiger partial charge in [-0.05, 0) is 65.1 Å². The fraction of sp³-hybridized carbons (Fsp3) is 0.485. The fourth-order valence-electron chi connectivity index (χ4n) is 6.53. The third-order valence-corrected chi connectivity index (χ3v) is 11.2. The van der Waals surface area contributed by atoms with Crippen molar-refractivity contribution in [2.24, 2.45) is 11.7 Å². The zero-order valence-electron chi connectivity index (χ0n) is 26.1. The van der Waals surface area contributed by atoms with Crippen LogP contribution in [0.5, 0.6) is 0 Å². The van der Waals surface area contributed by atoms with Gasteiger partial charge in [-0.2, -0.15) is 4.31 Å². The van der Waals surface area contributed by atoms with E-state index in [4.69, 9.17) is 22.1 Å². The predicted octanol–water partition coefficient (Wildman–Crippen LogP) is 3.35. The van der Waals surface area contributed by atoms with E-state index in [-0.39, 0.29) is 47.7 Å². The van der Waals surface area contributed by atoms with Crippen LogP contribution in [0.2, 0.25) is 0 Å². The largest absolute Gasteiger partial charge is 0.461 e. The zero-order valence-corrected chi connectivity index (χ0v) is 27.7. The van der Waals surface area contributed by atoms with Crippen molar-refractivity contribution >= 4 is 45.0 Å². The van der Waals surface area contributed by atoms with Crippen molar-refractivity contribution in [3.63, 3.8) is 0 Å². The number of nitrogens with two attached hydrogens (primary N) is 1. The molecule has 2 heterocycles. The lowest BCUT2D eigenvalue weighted by Gasteiger charge is -2.43. The lowest BCUT2D eigenvalue weighted by molar-refractivity contribution is -0.153. The molecule has 2 aliphatic heterocycles. The molecular weight excluding hydrogens is 616 g/mol. The summed E-state index contributed by atoms with van der Waals surface area (Å²) in [6, 6.07) is 12.6. The highest BCUT2D eigenvalue weighted by molar-refractivity contribution is 7.89. The predicted molar refractivity (Wildman–Crippen MR) is 172 cm³/mol. The summed E-state index contributed by atoms with van der Waals surface area (Å²) in [6.45, 7) is 4.11. The first-order valence-electron chi connectivity index (χ1n) is 15.3. The van der Waals surface area contributed by atoms with Crippen molar-refractivity contribution < 1.29 is 27.5 Å². The van der Waals surface area contributed by atoms with Gasteiger partial charge in [0.25, 0.3) is 0 Å². The summed E-state index contributed by atoms with van der Waals surface area (Å²) in [5.74, 6) is -1.37. The van der Waals surface area contributed by atoms with Gasteiger partial charge in [0.2, 0.25) is 21.8 Å². The Balaban J connectivity index is 1.41. The van der Waals surface area contributed by atoms with Crippen LogP contribution in [-0.2, 0) is 35.6 Å². The van der Waals surface area contributed by atoms with Crippen LogP contribution in [0.15, 0.2) is 59.0 Å². The topological polar surface area (TPSA) is 130 Å². The first kappa shape index (κ1) is 33.1. The van der Waals surface area contributed by atoms with Crippen molar-refractivity contribution in [1.29, 1.82) is 0 Å². The molecular formula is C33H41ClN4O6S. The van der Waals surface area contributed by atoms with Crippen LogP contribution in [0, 0.1) is 5.92 Å². The molecule has 0 spiro atoms. The third kappa shape index (κ3) is 6.40. The van der Waals surface area contributed by atoms with Crippen LogP contribution in [-0.4, -0.2) is 91.6 Å². The van der Waals surface area contributed by atoms with E-state index < -0.39 is 34.1 Å². The van der Waals surface area contributed by atoms with Crippen molar-refractivity contribution in [3.8, 4) is 0 Å². The van der Waals surface area contributed by atoms with Gasteiger partial charge in [0.15, 0.2) is 0 Å². The van der Waals surface area contributed by atoms with Gasteiger partial charge in [0.05, 0.1) is 10.9 Å². The number of likely N-dealkylation sites (N-methyl/N-ethyl adjacent to an activating group) is 1. The maximum Gasteiger partial charge on any atom is 0.323 e. The van der Waals surface area contributed by atoms with E-state index in [2.05, 4.69) is 6.07 Å². The first-order chi connectivity index (χ1) is 21.3. The van der Waals surface area contributed by atoms with Gasteiger partial charge in [-0.3, -0.25) is 14.4 Å². The Morgan fingerprint density at radius 3 is 2.29 bits per heavy atom. The highest BCUT2D eigenvalue weighted by atomic mass is 35.5. The van der Waals surface area contributed by atoms with E-state index in [1.807, 2.05) is 32.0 Å². The number of sulfonamides is 1. The molecule has 5 rings (SSSR count). The molecule has 2 amide bonds. The minimum atomic E-state index is -3.83. The summed E-state index contributed by atoms with van der Waals surface area (Å²) in [5, 5.41) is 0. The molecule has 2 aromatic carbocycles. The van der Waals surface area contributed by atoms with Gasteiger partial charge in [-0.1, -0.05) is 50.2 Å². The smallest absolute Gasteiger partial charge is 0.323 e. The van der Waals surface area contributed by atoms with E-state index in [9.17, 15) is 22.8 Å². The first-order valence-corrected chi connectivity index (χ1v) is 17.3. The Kier molecular flexibility index (Phi) is 9.74. The number of rotatable bonds is 8. The van der Waals surface area contributed by atoms with E-state index in [0.29, 0.717) is 31.2 Å². The number of hydrogen-bond acceptors (Lipinski definition) is 7. The Morgan fingerprint density at radius 1 is 1.04 bits per heavy atom. The highest BCUT2D eigenvalue weighted by Gasteiger charge is 2.45. The highest BCUT2D eigenvalue weighted by Crippen LogP contribution is 2.49. The molecule has 0 radical (unpaired) electrons. The van der Waals surface area contributed by atoms with Crippen molar-refractivity contribution in [1.82, 2.24) is 14.1 Å². The van der Waals surface area contributed by atoms with E-state index in [1.54, 1.807) is 43.3 Å². The van der Waals surface area contributed by atoms with Crippen molar-refractivity contribution in [3.05, 3.63) is 70.8 Å². The normalized spacial score (nSPS) is 21.4. The molecule has 1 fully saturated rings. The molecule has 0 bridgehead atoms. The van der Waals surface area contributed by atoms with Crippen LogP contribution in [0.3, 0.4) is 0 Å². The minimum absolute atomic E-state index is 0.0547. The molecule has 2 N–H and O–H groups in total. The lowest BCUT2D eigenvalue weighted by atomic mass is 9.84. The van der Waals surface area contributed by atoms with Gasteiger partial charge in [0.1, 0.15) is 24.1 Å². The molecule has 10 nitrogen and oxygen atoms in total. The second kappa shape index (κ2) is 13.2. The maximum atomic E-state index is 13.6. The van der Waals surface area contributed by atoms with Gasteiger partial charge in [0, 0.05) is 33.6 Å². The Hall–Kier alpha value is -3.25. The van der Waals surface area contributed by atoms with Crippen LogP contribution < -0.4 is 5.73 Å². The average Bonchev–Trinajstić information content (AvgIpc) is 3.41. The number of carbonyl (C=O) groups excluding carboxylic acids is 3. The zero-order chi connectivity index (χ0) is 32.6. The Bertz CT molecular complexity index is 1600. The second-order valence-electron chi connectivity index (χ2n) is 12.5. The number of amides is 2. The summed E-state index contributed by atoms with van der Waals surface area (Å²) < 4.78 is 34.2. The lowest BCUT2D eigenvalue weighted by Crippen LogP contribution is -2.53. The van der Waals surface area contributed by atoms with Crippen LogP contribution >= 0.6 is 11.6 Å². The number of benzene rings is 2. The molecule has 45 heavy (non-hydrogen) atoms. The maximum absolute atomic E-state index is 13.6. The number of esters is 1. The molecule has 242 valence electrons. The summed E-state index contributed by atoms with van der Waals surface area (Å²) >= 11 is 6.11. The summed E-state index contributed by atoms with van der Waals surface area (Å²) in [7, 11) is -0.495. The molecule has 3 atom stereocenters. The minimum Gasteiger partial charge on any atom is -0.461 e. The number of nitrogens with zero attached hydrogens (tertiary/aromatic N) is 3. The number of alkyl halides is 1. The van der Waals surface area contributed by atoms with E-state index >= 15 is 0 Å². The molecule has 0 saturated carbocycles. The molecule has 3 aliphatic rings. The number of hydrogen-bond donors (Lipinski definition) is 1. The molecule has 1 aliphatic carbocycles. The Morgan fingerprint density at radius 2 is 1.69 bits per heavy atom. The SMILES string of the molecule is CC(C)[C@H](N)C(=O)OC1CCN(S(=O)(=O)c2ccc([C@H]3C4=C(C[C@H](C(=O)N(C)C)N3C(=O)CCl)c3ccccc3C4)cc2)CC1. The van der Waals surface area contributed by atoms with E-state index in [1.165, 1.54) is 9.21 Å². The van der Waals surface area contributed by atoms with Gasteiger partial charge < -0.3 is 20.3 Å². The summed E-state index contributed by atoms with van der Waals surface area (Å²) in [4.78, 5) is 42.3. The number of carbonyl (C=O) groups is 3. The molecule has 0 aromatic heterocycles. The van der Waals surface area contributed by atoms with Crippen LogP contribution in [0.4, 0.5) is 0 Å². The standard InChI is InChI=1S/C33H41ClN4O6S/c1-20(2)30(35)33(41)44-23-13-15-37(16-14-23)45(42,43)24-11-9-21(10-12-24)31-27-17-22-7-5-6-8-25(22)26(27)18-28(32(40)36(3)4)38(31)29(39)19-34/h5-12,20,23,28,30-31H,13-19,35H2,1-4H3/t28-,30+,31+/m1/s1. The molecule has 2 aromatic rings. The quantitative estimate of drug-likeness (QED) is 0.341. The van der Waals surface area contributed by atoms with Gasteiger partial charge >= 0.3 is 5.97 Å². The van der Waals surface area contributed by atoms with Crippen molar-refractivity contribution in [2.45, 2.75) is 68.7 Å². The number of fused-ring (bicyclic) bond motifs is 2. The summed E-state index contributed by atoms with van der Waals surface area (Å²) in [5.41, 5.74) is 10.9. The van der Waals surface area contributed by atoms with Crippen LogP contribution in [0.25, 0.3) is 5.57 Å². The van der Waals surface area contributed by atoms with Crippen LogP contribution in [0.1, 0.15) is 55.8 Å². The number of ether oxygens (including phenoxy) is 1. The molecule has 0 unspecified atom stereocenters. The van der Waals surface area contributed by atoms with Gasteiger partial charge in [-0.15, -0.1) is 11.6 Å². The summed E-state index contributed by atoms with van der Waals surface area (Å²) in [6.07, 6.45) is 1.37. The second-order valence-corrected chi connectivity index (χ2v) is 14.7.